The average molecular weight is 451 g/mol. The lowest BCUT2D eigenvalue weighted by Gasteiger charge is -2.39. The van der Waals surface area contributed by atoms with Gasteiger partial charge in [-0.3, -0.25) is 0 Å². The zero-order valence-electron chi connectivity index (χ0n) is 19.3. The Labute approximate surface area is 202 Å². The first-order valence-corrected chi connectivity index (χ1v) is 12.1. The summed E-state index contributed by atoms with van der Waals surface area (Å²) in [5.41, 5.74) is 10.2. The predicted molar refractivity (Wildman–Crippen MR) is 144 cm³/mol. The van der Waals surface area contributed by atoms with Crippen LogP contribution < -0.4 is 0 Å². The van der Waals surface area contributed by atoms with Gasteiger partial charge in [-0.25, -0.2) is 9.98 Å². The Hall–Kier alpha value is -4.44. The van der Waals surface area contributed by atoms with Gasteiger partial charge in [-0.1, -0.05) is 78.9 Å². The van der Waals surface area contributed by atoms with Gasteiger partial charge in [-0.15, -0.1) is 0 Å². The maximum Gasteiger partial charge on any atom is 0.108 e. The SMILES string of the molecule is CN1C2=C(N=C3C=CC=CC32)C(n2c3ccccc3c3nc4ccccc4cc32)=C2C=CC=CC21. The van der Waals surface area contributed by atoms with E-state index in [0.29, 0.717) is 0 Å². The topological polar surface area (TPSA) is 33.4 Å². The molecule has 8 rings (SSSR count). The quantitative estimate of drug-likeness (QED) is 0.336. The van der Waals surface area contributed by atoms with E-state index in [9.17, 15) is 0 Å². The number of hydrogen-bond donors (Lipinski definition) is 0. The van der Waals surface area contributed by atoms with Crippen molar-refractivity contribution in [3.8, 4) is 0 Å². The van der Waals surface area contributed by atoms with Crippen molar-refractivity contribution < 1.29 is 0 Å². The van der Waals surface area contributed by atoms with Gasteiger partial charge in [0.05, 0.1) is 51.1 Å². The molecular weight excluding hydrogens is 428 g/mol. The van der Waals surface area contributed by atoms with E-state index in [2.05, 4.69) is 120 Å². The molecule has 0 bridgehead atoms. The molecular formula is C31H22N4. The molecule has 2 atom stereocenters. The zero-order valence-corrected chi connectivity index (χ0v) is 19.3. The average Bonchev–Trinajstić information content (AvgIpc) is 3.44. The van der Waals surface area contributed by atoms with E-state index in [1.807, 2.05) is 0 Å². The van der Waals surface area contributed by atoms with E-state index in [1.165, 1.54) is 11.3 Å². The van der Waals surface area contributed by atoms with Crippen LogP contribution in [0.25, 0.3) is 38.5 Å². The summed E-state index contributed by atoms with van der Waals surface area (Å²) in [6, 6.07) is 19.4. The van der Waals surface area contributed by atoms with Crippen molar-refractivity contribution in [3.05, 3.63) is 120 Å². The molecule has 2 aromatic heterocycles. The smallest absolute Gasteiger partial charge is 0.108 e. The van der Waals surface area contributed by atoms with Crippen molar-refractivity contribution in [2.45, 2.75) is 6.04 Å². The van der Waals surface area contributed by atoms with Crippen LogP contribution in [0.2, 0.25) is 0 Å². The molecule has 4 nitrogen and oxygen atoms in total. The van der Waals surface area contributed by atoms with Crippen molar-refractivity contribution in [3.63, 3.8) is 0 Å². The van der Waals surface area contributed by atoms with E-state index < -0.39 is 0 Å². The lowest BCUT2D eigenvalue weighted by atomic mass is 9.88. The Kier molecular flexibility index (Phi) is 3.68. The summed E-state index contributed by atoms with van der Waals surface area (Å²) in [4.78, 5) is 12.8. The van der Waals surface area contributed by atoms with Crippen molar-refractivity contribution in [1.29, 1.82) is 0 Å². The van der Waals surface area contributed by atoms with Crippen LogP contribution in [0.3, 0.4) is 0 Å². The second-order valence-electron chi connectivity index (χ2n) is 9.50. The van der Waals surface area contributed by atoms with E-state index in [0.717, 1.165) is 49.9 Å². The minimum absolute atomic E-state index is 0.159. The van der Waals surface area contributed by atoms with Crippen LogP contribution in [-0.4, -0.2) is 33.3 Å². The molecule has 35 heavy (non-hydrogen) atoms. The molecule has 0 spiro atoms. The van der Waals surface area contributed by atoms with Gasteiger partial charge in [-0.2, -0.15) is 0 Å². The Morgan fingerprint density at radius 1 is 0.829 bits per heavy atom. The van der Waals surface area contributed by atoms with Gasteiger partial charge in [0.1, 0.15) is 5.70 Å². The van der Waals surface area contributed by atoms with Crippen molar-refractivity contribution >= 4 is 44.2 Å². The second-order valence-corrected chi connectivity index (χ2v) is 9.50. The largest absolute Gasteiger partial charge is 0.365 e. The molecule has 4 heterocycles. The van der Waals surface area contributed by atoms with Gasteiger partial charge in [0.2, 0.25) is 0 Å². The highest BCUT2D eigenvalue weighted by Gasteiger charge is 2.40. The third kappa shape index (κ3) is 2.46. The number of para-hydroxylation sites is 2. The molecule has 0 saturated heterocycles. The van der Waals surface area contributed by atoms with Gasteiger partial charge < -0.3 is 9.47 Å². The molecule has 0 amide bonds. The van der Waals surface area contributed by atoms with Gasteiger partial charge in [0, 0.05) is 23.4 Å². The first-order valence-electron chi connectivity index (χ1n) is 12.1. The number of aliphatic imine (C=N–C) groups is 1. The molecule has 0 saturated carbocycles. The minimum Gasteiger partial charge on any atom is -0.365 e. The summed E-state index contributed by atoms with van der Waals surface area (Å²) >= 11 is 0. The second kappa shape index (κ2) is 6.80. The highest BCUT2D eigenvalue weighted by atomic mass is 15.2. The standard InChI is InChI=1S/C31H22N4/c1-34-25-16-8-5-13-22(25)31(29-30(34)20-11-3-7-15-24(20)33-29)35-26-17-9-4-12-21(26)28-27(35)18-19-10-2-6-14-23(19)32-28/h2-18,20,25H,1H3. The number of pyridine rings is 1. The van der Waals surface area contributed by atoms with Crippen LogP contribution >= 0.6 is 0 Å². The van der Waals surface area contributed by atoms with Crippen LogP contribution in [0.15, 0.2) is 125 Å². The Morgan fingerprint density at radius 3 is 2.63 bits per heavy atom. The summed E-state index contributed by atoms with van der Waals surface area (Å²) in [6.07, 6.45) is 17.5. The highest BCUT2D eigenvalue weighted by Crippen LogP contribution is 2.47. The van der Waals surface area contributed by atoms with Gasteiger partial charge in [0.25, 0.3) is 0 Å². The molecule has 2 aromatic carbocycles. The summed E-state index contributed by atoms with van der Waals surface area (Å²) in [6.45, 7) is 0. The molecule has 0 fully saturated rings. The first-order chi connectivity index (χ1) is 17.3. The Morgan fingerprint density at radius 2 is 1.66 bits per heavy atom. The lowest BCUT2D eigenvalue weighted by molar-refractivity contribution is 0.365. The molecule has 4 heteroatoms. The van der Waals surface area contributed by atoms with E-state index in [4.69, 9.17) is 9.98 Å². The zero-order chi connectivity index (χ0) is 23.1. The maximum absolute atomic E-state index is 5.25. The normalized spacial score (nSPS) is 22.4. The molecule has 2 aliphatic carbocycles. The fourth-order valence-corrected chi connectivity index (χ4v) is 6.09. The fourth-order valence-electron chi connectivity index (χ4n) is 6.09. The lowest BCUT2D eigenvalue weighted by Crippen LogP contribution is -2.38. The number of hydrogen-bond acceptors (Lipinski definition) is 3. The summed E-state index contributed by atoms with van der Waals surface area (Å²) in [5, 5.41) is 2.31. The third-order valence-electron chi connectivity index (χ3n) is 7.64. The number of aromatic nitrogens is 2. The predicted octanol–water partition coefficient (Wildman–Crippen LogP) is 6.40. The summed E-state index contributed by atoms with van der Waals surface area (Å²) < 4.78 is 2.41. The van der Waals surface area contributed by atoms with E-state index in [-0.39, 0.29) is 12.0 Å². The molecule has 166 valence electrons. The first kappa shape index (κ1) is 18.9. The highest BCUT2D eigenvalue weighted by molar-refractivity contribution is 6.13. The monoisotopic (exact) mass is 450 g/mol. The van der Waals surface area contributed by atoms with Crippen molar-refractivity contribution in [2.75, 3.05) is 7.05 Å². The van der Waals surface area contributed by atoms with E-state index in [1.54, 1.807) is 0 Å². The third-order valence-corrected chi connectivity index (χ3v) is 7.64. The van der Waals surface area contributed by atoms with Crippen LogP contribution in [0, 0.1) is 5.92 Å². The van der Waals surface area contributed by atoms with Crippen molar-refractivity contribution in [2.24, 2.45) is 10.9 Å². The van der Waals surface area contributed by atoms with Gasteiger partial charge >= 0.3 is 0 Å². The van der Waals surface area contributed by atoms with Crippen LogP contribution in [-0.2, 0) is 0 Å². The molecule has 2 aliphatic heterocycles. The Bertz CT molecular complexity index is 1820. The van der Waals surface area contributed by atoms with Crippen LogP contribution in [0.5, 0.6) is 0 Å². The molecule has 4 aliphatic rings. The molecule has 4 aromatic rings. The number of rotatable bonds is 1. The van der Waals surface area contributed by atoms with Crippen LogP contribution in [0.4, 0.5) is 0 Å². The molecule has 0 radical (unpaired) electrons. The van der Waals surface area contributed by atoms with Crippen molar-refractivity contribution in [1.82, 2.24) is 14.5 Å². The minimum atomic E-state index is 0.159. The summed E-state index contributed by atoms with van der Waals surface area (Å²) in [5.74, 6) is 0.183. The molecule has 0 N–H and O–H groups in total. The molecule has 2 unspecified atom stereocenters. The van der Waals surface area contributed by atoms with Crippen LogP contribution in [0.1, 0.15) is 0 Å². The number of benzene rings is 2. The van der Waals surface area contributed by atoms with Gasteiger partial charge in [0.15, 0.2) is 0 Å². The number of likely N-dealkylation sites (N-methyl/N-ethyl adjacent to an activating group) is 1. The Balaban J connectivity index is 1.54. The number of nitrogens with zero attached hydrogens (tertiary/aromatic N) is 4. The van der Waals surface area contributed by atoms with E-state index >= 15 is 0 Å². The fraction of sp³-hybridized carbons (Fsp3) is 0.0968. The van der Waals surface area contributed by atoms with Gasteiger partial charge in [-0.05, 0) is 24.3 Å². The number of allylic oxidation sites excluding steroid dienone is 7. The number of fused-ring (bicyclic) bond motifs is 7. The summed E-state index contributed by atoms with van der Waals surface area (Å²) in [7, 11) is 2.20. The maximum atomic E-state index is 5.25.